The lowest BCUT2D eigenvalue weighted by molar-refractivity contribution is -0.142. The van der Waals surface area contributed by atoms with E-state index in [0.717, 1.165) is 24.2 Å². The molecule has 6 nitrogen and oxygen atoms in total. The molecule has 0 aliphatic carbocycles. The van der Waals surface area contributed by atoms with Crippen LogP contribution in [0.1, 0.15) is 49.8 Å². The molecule has 1 heterocycles. The standard InChI is InChI=1S/C24H27N3O3/c1-3-4-15-27-22(28)14-13-21(23(27)18-7-11-20(30-2)12-8-18)24(29)26-19-9-5-17(16-25)6-10-19/h5-12,21,23H,3-4,13-15H2,1-2H3,(H,26,29)/t21-,23-/m1/s1. The first kappa shape index (κ1) is 21.4. The highest BCUT2D eigenvalue weighted by molar-refractivity contribution is 5.94. The van der Waals surface area contributed by atoms with Gasteiger partial charge >= 0.3 is 0 Å². The van der Waals surface area contributed by atoms with Gasteiger partial charge in [-0.25, -0.2) is 0 Å². The molecule has 1 aliphatic heterocycles. The van der Waals surface area contributed by atoms with E-state index < -0.39 is 0 Å². The van der Waals surface area contributed by atoms with Gasteiger partial charge in [0.2, 0.25) is 11.8 Å². The molecule has 0 radical (unpaired) electrons. The van der Waals surface area contributed by atoms with Gasteiger partial charge in [0.05, 0.1) is 30.7 Å². The van der Waals surface area contributed by atoms with Crippen LogP contribution in [0.15, 0.2) is 48.5 Å². The molecule has 1 aliphatic rings. The van der Waals surface area contributed by atoms with Crippen molar-refractivity contribution in [1.29, 1.82) is 5.26 Å². The van der Waals surface area contributed by atoms with Crippen LogP contribution in [0.4, 0.5) is 5.69 Å². The van der Waals surface area contributed by atoms with Crippen LogP contribution in [0, 0.1) is 17.2 Å². The maximum absolute atomic E-state index is 13.2. The Kier molecular flexibility index (Phi) is 7.08. The van der Waals surface area contributed by atoms with Crippen LogP contribution >= 0.6 is 0 Å². The second-order valence-electron chi connectivity index (χ2n) is 7.48. The molecule has 2 atom stereocenters. The molecule has 0 spiro atoms. The highest BCUT2D eigenvalue weighted by atomic mass is 16.5. The topological polar surface area (TPSA) is 82.4 Å². The average Bonchev–Trinajstić information content (AvgIpc) is 2.78. The summed E-state index contributed by atoms with van der Waals surface area (Å²) in [5.41, 5.74) is 2.11. The van der Waals surface area contributed by atoms with Gasteiger partial charge in [-0.05, 0) is 54.8 Å². The number of unbranched alkanes of at least 4 members (excludes halogenated alkanes) is 1. The van der Waals surface area contributed by atoms with E-state index in [-0.39, 0.29) is 23.8 Å². The number of anilines is 1. The van der Waals surface area contributed by atoms with Gasteiger partial charge in [-0.3, -0.25) is 9.59 Å². The van der Waals surface area contributed by atoms with Crippen LogP contribution < -0.4 is 10.1 Å². The van der Waals surface area contributed by atoms with E-state index in [1.807, 2.05) is 29.2 Å². The number of benzene rings is 2. The molecule has 0 saturated carbocycles. The van der Waals surface area contributed by atoms with Gasteiger partial charge in [-0.1, -0.05) is 25.5 Å². The van der Waals surface area contributed by atoms with Crippen molar-refractivity contribution in [2.45, 2.75) is 38.6 Å². The van der Waals surface area contributed by atoms with Crippen molar-refractivity contribution in [1.82, 2.24) is 4.90 Å². The number of nitrogens with zero attached hydrogens (tertiary/aromatic N) is 2. The molecule has 156 valence electrons. The third kappa shape index (κ3) is 4.80. The predicted octanol–water partition coefficient (Wildman–Crippen LogP) is 4.29. The van der Waals surface area contributed by atoms with Gasteiger partial charge in [-0.15, -0.1) is 0 Å². The number of likely N-dealkylation sites (tertiary alicyclic amines) is 1. The fourth-order valence-electron chi connectivity index (χ4n) is 3.90. The SMILES string of the molecule is CCCCN1C(=O)CC[C@@H](C(=O)Nc2ccc(C#N)cc2)[C@H]1c1ccc(OC)cc1. The van der Waals surface area contributed by atoms with E-state index in [0.29, 0.717) is 30.6 Å². The fourth-order valence-corrected chi connectivity index (χ4v) is 3.90. The minimum absolute atomic E-state index is 0.0895. The molecule has 6 heteroatoms. The van der Waals surface area contributed by atoms with Crippen molar-refractivity contribution < 1.29 is 14.3 Å². The Morgan fingerprint density at radius 2 is 1.90 bits per heavy atom. The monoisotopic (exact) mass is 405 g/mol. The maximum Gasteiger partial charge on any atom is 0.229 e. The van der Waals surface area contributed by atoms with Crippen molar-refractivity contribution >= 4 is 17.5 Å². The zero-order valence-electron chi connectivity index (χ0n) is 17.4. The molecule has 2 aromatic rings. The molecule has 0 bridgehead atoms. The summed E-state index contributed by atoms with van der Waals surface area (Å²) >= 11 is 0. The molecule has 2 aromatic carbocycles. The van der Waals surface area contributed by atoms with Crippen molar-refractivity contribution in [2.24, 2.45) is 5.92 Å². The van der Waals surface area contributed by atoms with Crippen molar-refractivity contribution in [3.63, 3.8) is 0 Å². The third-order valence-electron chi connectivity index (χ3n) is 5.53. The number of amides is 2. The minimum atomic E-state index is -0.358. The quantitative estimate of drug-likeness (QED) is 0.745. The first-order valence-electron chi connectivity index (χ1n) is 10.3. The largest absolute Gasteiger partial charge is 0.497 e. The normalized spacial score (nSPS) is 18.6. The number of piperidine rings is 1. The molecule has 0 unspecified atom stereocenters. The molecule has 1 saturated heterocycles. The van der Waals surface area contributed by atoms with Gasteiger partial charge in [0.25, 0.3) is 0 Å². The molecular weight excluding hydrogens is 378 g/mol. The number of nitrogens with one attached hydrogen (secondary N) is 1. The number of ether oxygens (including phenoxy) is 1. The first-order chi connectivity index (χ1) is 14.6. The number of nitriles is 1. The number of carbonyl (C=O) groups excluding carboxylic acids is 2. The second kappa shape index (κ2) is 9.93. The summed E-state index contributed by atoms with van der Waals surface area (Å²) in [7, 11) is 1.61. The fraction of sp³-hybridized carbons (Fsp3) is 0.375. The number of hydrogen-bond acceptors (Lipinski definition) is 4. The lowest BCUT2D eigenvalue weighted by Crippen LogP contribution is -2.47. The Morgan fingerprint density at radius 1 is 1.20 bits per heavy atom. The van der Waals surface area contributed by atoms with Crippen LogP contribution in [0.2, 0.25) is 0 Å². The molecule has 3 rings (SSSR count). The van der Waals surface area contributed by atoms with Gasteiger partial charge in [0.1, 0.15) is 5.75 Å². The number of rotatable bonds is 7. The molecule has 0 aromatic heterocycles. The number of methoxy groups -OCH3 is 1. The summed E-state index contributed by atoms with van der Waals surface area (Å²) in [5.74, 6) is 0.351. The summed E-state index contributed by atoms with van der Waals surface area (Å²) in [6.07, 6.45) is 2.73. The van der Waals surface area contributed by atoms with E-state index in [9.17, 15) is 9.59 Å². The Hall–Kier alpha value is -3.33. The minimum Gasteiger partial charge on any atom is -0.497 e. The van der Waals surface area contributed by atoms with Crippen molar-refractivity contribution in [2.75, 3.05) is 19.0 Å². The summed E-state index contributed by atoms with van der Waals surface area (Å²) in [6, 6.07) is 16.1. The van der Waals surface area contributed by atoms with Gasteiger partial charge in [0.15, 0.2) is 0 Å². The Morgan fingerprint density at radius 3 is 2.50 bits per heavy atom. The molecule has 1 fully saturated rings. The van der Waals surface area contributed by atoms with E-state index in [4.69, 9.17) is 10.00 Å². The zero-order valence-corrected chi connectivity index (χ0v) is 17.4. The van der Waals surface area contributed by atoms with Gasteiger partial charge in [0, 0.05) is 18.7 Å². The molecule has 1 N–H and O–H groups in total. The summed E-state index contributed by atoms with van der Waals surface area (Å²) < 4.78 is 5.26. The van der Waals surface area contributed by atoms with Crippen molar-refractivity contribution in [3.8, 4) is 11.8 Å². The molecule has 2 amide bonds. The summed E-state index contributed by atoms with van der Waals surface area (Å²) in [5, 5.41) is 11.9. The maximum atomic E-state index is 13.2. The first-order valence-corrected chi connectivity index (χ1v) is 10.3. The average molecular weight is 405 g/mol. The van der Waals surface area contributed by atoms with Gasteiger partial charge in [-0.2, -0.15) is 5.26 Å². The van der Waals surface area contributed by atoms with E-state index >= 15 is 0 Å². The van der Waals surface area contributed by atoms with E-state index in [1.165, 1.54) is 0 Å². The van der Waals surface area contributed by atoms with Crippen LogP contribution in [-0.2, 0) is 9.59 Å². The smallest absolute Gasteiger partial charge is 0.229 e. The summed E-state index contributed by atoms with van der Waals surface area (Å²) in [4.78, 5) is 27.8. The highest BCUT2D eigenvalue weighted by Gasteiger charge is 2.40. The van der Waals surface area contributed by atoms with Crippen LogP contribution in [-0.4, -0.2) is 30.4 Å². The number of carbonyl (C=O) groups is 2. The lowest BCUT2D eigenvalue weighted by atomic mass is 9.83. The Bertz CT molecular complexity index is 916. The van der Waals surface area contributed by atoms with Crippen LogP contribution in [0.5, 0.6) is 5.75 Å². The molecule has 30 heavy (non-hydrogen) atoms. The summed E-state index contributed by atoms with van der Waals surface area (Å²) in [6.45, 7) is 2.72. The number of hydrogen-bond donors (Lipinski definition) is 1. The Labute approximate surface area is 177 Å². The molecular formula is C24H27N3O3. The van der Waals surface area contributed by atoms with Crippen LogP contribution in [0.3, 0.4) is 0 Å². The van der Waals surface area contributed by atoms with E-state index in [1.54, 1.807) is 31.4 Å². The zero-order chi connectivity index (χ0) is 21.5. The van der Waals surface area contributed by atoms with Crippen LogP contribution in [0.25, 0.3) is 0 Å². The second-order valence-corrected chi connectivity index (χ2v) is 7.48. The predicted molar refractivity (Wildman–Crippen MR) is 115 cm³/mol. The Balaban J connectivity index is 1.88. The highest BCUT2D eigenvalue weighted by Crippen LogP contribution is 2.38. The lowest BCUT2D eigenvalue weighted by Gasteiger charge is -2.41. The van der Waals surface area contributed by atoms with Gasteiger partial charge < -0.3 is 15.0 Å². The van der Waals surface area contributed by atoms with Crippen molar-refractivity contribution in [3.05, 3.63) is 59.7 Å². The third-order valence-corrected chi connectivity index (χ3v) is 5.53. The van der Waals surface area contributed by atoms with E-state index in [2.05, 4.69) is 18.3 Å².